The summed E-state index contributed by atoms with van der Waals surface area (Å²) in [4.78, 5) is 21.0. The van der Waals surface area contributed by atoms with Crippen molar-refractivity contribution in [3.05, 3.63) is 81.2 Å². The van der Waals surface area contributed by atoms with Crippen molar-refractivity contribution in [1.82, 2.24) is 15.1 Å². The molecule has 11 nitrogen and oxygen atoms in total. The SMILES string of the molecule is CC(C)(O)c1cnn(C2=CC(=N)/C(=C\S(=O)(=O)c3ccc([N+](=O)[O-])cc3)C=C2NC=O)c1. The second-order valence-corrected chi connectivity index (χ2v) is 9.16. The summed E-state index contributed by atoms with van der Waals surface area (Å²) in [5, 5.41) is 36.6. The van der Waals surface area contributed by atoms with Crippen LogP contribution in [0.1, 0.15) is 19.4 Å². The Morgan fingerprint density at radius 3 is 2.44 bits per heavy atom. The predicted molar refractivity (Wildman–Crippen MR) is 115 cm³/mol. The summed E-state index contributed by atoms with van der Waals surface area (Å²) in [6, 6.07) is 4.36. The van der Waals surface area contributed by atoms with Crippen molar-refractivity contribution in [2.75, 3.05) is 0 Å². The molecular formula is C20H19N5O6S. The highest BCUT2D eigenvalue weighted by Crippen LogP contribution is 2.27. The lowest BCUT2D eigenvalue weighted by Gasteiger charge is -2.18. The van der Waals surface area contributed by atoms with Gasteiger partial charge in [0.05, 0.1) is 38.7 Å². The summed E-state index contributed by atoms with van der Waals surface area (Å²) in [6.45, 7) is 3.16. The largest absolute Gasteiger partial charge is 0.386 e. The number of sulfone groups is 1. The van der Waals surface area contributed by atoms with Crippen molar-refractivity contribution in [3.63, 3.8) is 0 Å². The fraction of sp³-hybridized carbons (Fsp3) is 0.150. The van der Waals surface area contributed by atoms with Crippen molar-refractivity contribution in [2.24, 2.45) is 0 Å². The molecule has 1 aromatic carbocycles. The maximum Gasteiger partial charge on any atom is 0.269 e. The average molecular weight is 457 g/mol. The predicted octanol–water partition coefficient (Wildman–Crippen LogP) is 1.88. The van der Waals surface area contributed by atoms with Crippen LogP contribution in [0.15, 0.2) is 70.4 Å². The van der Waals surface area contributed by atoms with E-state index in [0.29, 0.717) is 17.7 Å². The first-order valence-corrected chi connectivity index (χ1v) is 10.7. The van der Waals surface area contributed by atoms with Crippen molar-refractivity contribution in [3.8, 4) is 0 Å². The minimum absolute atomic E-state index is 0.00804. The van der Waals surface area contributed by atoms with E-state index in [4.69, 9.17) is 5.41 Å². The Labute approximate surface area is 183 Å². The number of amides is 1. The lowest BCUT2D eigenvalue weighted by Crippen LogP contribution is -2.21. The van der Waals surface area contributed by atoms with Gasteiger partial charge in [0.25, 0.3) is 5.69 Å². The highest BCUT2D eigenvalue weighted by molar-refractivity contribution is 7.94. The molecule has 1 amide bonds. The molecular weight excluding hydrogens is 438 g/mol. The fourth-order valence-electron chi connectivity index (χ4n) is 2.83. The van der Waals surface area contributed by atoms with Gasteiger partial charge in [0.2, 0.25) is 6.41 Å². The highest BCUT2D eigenvalue weighted by atomic mass is 32.2. The van der Waals surface area contributed by atoms with Crippen molar-refractivity contribution in [1.29, 1.82) is 5.41 Å². The smallest absolute Gasteiger partial charge is 0.269 e. The molecule has 166 valence electrons. The number of aliphatic hydroxyl groups is 1. The van der Waals surface area contributed by atoms with Crippen LogP contribution in [0.25, 0.3) is 5.70 Å². The molecule has 1 heterocycles. The standard InChI is InChI=1S/C20H19N5O6S/c1-20(2,27)14-9-23-24(10-14)19-8-17(21)13(7-18(19)22-12-26)11-32(30,31)16-5-3-15(4-6-16)25(28)29/h3-12,21,27H,1-2H3,(H,22,26)/b13-11-,21-17?. The van der Waals surface area contributed by atoms with Crippen LogP contribution in [0.3, 0.4) is 0 Å². The minimum Gasteiger partial charge on any atom is -0.386 e. The third kappa shape index (κ3) is 4.71. The number of carbonyl (C=O) groups is 1. The summed E-state index contributed by atoms with van der Waals surface area (Å²) in [5.41, 5.74) is -0.607. The monoisotopic (exact) mass is 457 g/mol. The molecule has 32 heavy (non-hydrogen) atoms. The van der Waals surface area contributed by atoms with E-state index in [1.54, 1.807) is 13.8 Å². The van der Waals surface area contributed by atoms with Gasteiger partial charge in [-0.25, -0.2) is 13.1 Å². The number of hydrogen-bond acceptors (Lipinski definition) is 8. The van der Waals surface area contributed by atoms with Gasteiger partial charge in [0.1, 0.15) is 0 Å². The first kappa shape index (κ1) is 22.8. The number of nitro groups is 1. The van der Waals surface area contributed by atoms with E-state index in [2.05, 4.69) is 10.4 Å². The van der Waals surface area contributed by atoms with Crippen LogP contribution in [0.4, 0.5) is 5.69 Å². The number of allylic oxidation sites excluding steroid dienone is 4. The number of hydrogen-bond donors (Lipinski definition) is 3. The molecule has 1 aromatic heterocycles. The van der Waals surface area contributed by atoms with E-state index in [-0.39, 0.29) is 27.6 Å². The molecule has 3 N–H and O–H groups in total. The quantitative estimate of drug-likeness (QED) is 0.324. The van der Waals surface area contributed by atoms with Gasteiger partial charge in [0.15, 0.2) is 9.84 Å². The molecule has 0 atom stereocenters. The first-order valence-electron chi connectivity index (χ1n) is 9.14. The Bertz CT molecular complexity index is 1290. The van der Waals surface area contributed by atoms with Gasteiger partial charge >= 0.3 is 0 Å². The van der Waals surface area contributed by atoms with Crippen molar-refractivity contribution >= 4 is 33.3 Å². The topological polar surface area (TPSA) is 168 Å². The maximum atomic E-state index is 12.7. The van der Waals surface area contributed by atoms with Crippen LogP contribution in [-0.2, 0) is 20.2 Å². The Morgan fingerprint density at radius 1 is 1.25 bits per heavy atom. The molecule has 0 fully saturated rings. The molecule has 12 heteroatoms. The minimum atomic E-state index is -4.04. The molecule has 1 aliphatic rings. The first-order chi connectivity index (χ1) is 14.9. The molecule has 0 saturated carbocycles. The molecule has 0 unspecified atom stereocenters. The third-order valence-corrected chi connectivity index (χ3v) is 6.07. The molecule has 0 spiro atoms. The van der Waals surface area contributed by atoms with Crippen LogP contribution >= 0.6 is 0 Å². The Balaban J connectivity index is 2.00. The highest BCUT2D eigenvalue weighted by Gasteiger charge is 2.23. The summed E-state index contributed by atoms with van der Waals surface area (Å²) < 4.78 is 26.8. The zero-order chi connectivity index (χ0) is 23.7. The van der Waals surface area contributed by atoms with Crippen LogP contribution in [-0.4, -0.2) is 40.3 Å². The molecule has 0 bridgehead atoms. The Kier molecular flexibility index (Phi) is 5.92. The number of carbonyl (C=O) groups excluding carboxylic acids is 1. The van der Waals surface area contributed by atoms with E-state index < -0.39 is 20.4 Å². The number of benzene rings is 1. The van der Waals surface area contributed by atoms with E-state index in [0.717, 1.165) is 29.7 Å². The third-order valence-electron chi connectivity index (χ3n) is 4.58. The van der Waals surface area contributed by atoms with Gasteiger partial charge in [-0.3, -0.25) is 14.9 Å². The maximum absolute atomic E-state index is 12.7. The van der Waals surface area contributed by atoms with Gasteiger partial charge in [-0.05, 0) is 38.1 Å². The number of nitrogens with one attached hydrogen (secondary N) is 2. The van der Waals surface area contributed by atoms with E-state index in [1.165, 1.54) is 29.2 Å². The van der Waals surface area contributed by atoms with Gasteiger partial charge in [0, 0.05) is 34.9 Å². The average Bonchev–Trinajstić information content (AvgIpc) is 3.21. The van der Waals surface area contributed by atoms with Crippen molar-refractivity contribution < 1.29 is 23.2 Å². The molecule has 0 saturated heterocycles. The summed E-state index contributed by atoms with van der Waals surface area (Å²) in [5.74, 6) is 0. The summed E-state index contributed by atoms with van der Waals surface area (Å²) >= 11 is 0. The zero-order valence-electron chi connectivity index (χ0n) is 17.0. The molecule has 0 aliphatic heterocycles. The van der Waals surface area contributed by atoms with Crippen LogP contribution in [0.5, 0.6) is 0 Å². The lowest BCUT2D eigenvalue weighted by molar-refractivity contribution is -0.384. The second-order valence-electron chi connectivity index (χ2n) is 7.37. The zero-order valence-corrected chi connectivity index (χ0v) is 17.8. The fourth-order valence-corrected chi connectivity index (χ4v) is 4.02. The number of nitro benzene ring substituents is 1. The summed E-state index contributed by atoms with van der Waals surface area (Å²) in [7, 11) is -4.04. The molecule has 2 aromatic rings. The van der Waals surface area contributed by atoms with E-state index in [9.17, 15) is 28.4 Å². The van der Waals surface area contributed by atoms with E-state index >= 15 is 0 Å². The second kappa shape index (κ2) is 8.32. The van der Waals surface area contributed by atoms with Gasteiger partial charge in [-0.15, -0.1) is 0 Å². The van der Waals surface area contributed by atoms with Gasteiger partial charge in [-0.2, -0.15) is 5.10 Å². The molecule has 3 rings (SSSR count). The lowest BCUT2D eigenvalue weighted by atomic mass is 10.0. The number of aromatic nitrogens is 2. The van der Waals surface area contributed by atoms with Gasteiger partial charge < -0.3 is 15.8 Å². The van der Waals surface area contributed by atoms with Crippen LogP contribution in [0, 0.1) is 15.5 Å². The van der Waals surface area contributed by atoms with Crippen molar-refractivity contribution in [2.45, 2.75) is 24.3 Å². The Morgan fingerprint density at radius 2 is 1.91 bits per heavy atom. The number of non-ortho nitro benzene ring substituents is 1. The molecule has 1 aliphatic carbocycles. The van der Waals surface area contributed by atoms with Gasteiger partial charge in [-0.1, -0.05) is 0 Å². The number of nitrogens with zero attached hydrogens (tertiary/aromatic N) is 3. The Hall–Kier alpha value is -3.90. The van der Waals surface area contributed by atoms with E-state index in [1.807, 2.05) is 0 Å². The van der Waals surface area contributed by atoms with Crippen LogP contribution < -0.4 is 5.32 Å². The number of rotatable bonds is 7. The normalized spacial score (nSPS) is 15.8. The van der Waals surface area contributed by atoms with Crippen LogP contribution in [0.2, 0.25) is 0 Å². The molecule has 0 radical (unpaired) electrons. The summed E-state index contributed by atoms with van der Waals surface area (Å²) in [6.07, 6.45) is 6.00.